The Morgan fingerprint density at radius 3 is 1.63 bits per heavy atom. The lowest BCUT2D eigenvalue weighted by atomic mass is 9.54. The second-order valence-corrected chi connectivity index (χ2v) is 13.2. The van der Waals surface area contributed by atoms with Gasteiger partial charge in [-0.1, -0.05) is 78.9 Å². The molecule has 1 aliphatic heterocycles. The predicted molar refractivity (Wildman–Crippen MR) is 167 cm³/mol. The van der Waals surface area contributed by atoms with E-state index >= 15 is 0 Å². The molecule has 3 amide bonds. The second kappa shape index (κ2) is 9.68. The summed E-state index contributed by atoms with van der Waals surface area (Å²) in [5.74, 6) is -3.36. The fourth-order valence-electron chi connectivity index (χ4n) is 6.89. The Labute approximate surface area is 261 Å². The monoisotopic (exact) mass is 692 g/mol. The number of carbonyl (C=O) groups is 3. The number of hydrogen-bond donors (Lipinski definition) is 1. The normalized spacial score (nSPS) is 26.3. The minimum Gasteiger partial charge on any atom is -0.324 e. The third-order valence-electron chi connectivity index (χ3n) is 8.62. The van der Waals surface area contributed by atoms with E-state index in [1.54, 1.807) is 12.1 Å². The zero-order valence-electron chi connectivity index (χ0n) is 21.6. The lowest BCUT2D eigenvalue weighted by molar-refractivity contribution is -0.146. The molecule has 1 N–H and O–H groups in total. The number of amides is 3. The van der Waals surface area contributed by atoms with Crippen molar-refractivity contribution in [2.24, 2.45) is 11.8 Å². The molecular formula is C33H23Cl2IN2O3. The summed E-state index contributed by atoms with van der Waals surface area (Å²) in [6.45, 7) is 0. The number of carbonyl (C=O) groups excluding carboxylic acids is 3. The van der Waals surface area contributed by atoms with Crippen LogP contribution in [0.25, 0.3) is 0 Å². The molecule has 0 saturated carbocycles. The van der Waals surface area contributed by atoms with Gasteiger partial charge >= 0.3 is 0 Å². The van der Waals surface area contributed by atoms with Gasteiger partial charge in [-0.05, 0) is 74.7 Å². The number of alkyl halides is 2. The summed E-state index contributed by atoms with van der Waals surface area (Å²) in [7, 11) is 0. The molecule has 5 nitrogen and oxygen atoms in total. The SMILES string of the molecule is O=C(Nc1ccc(I)cc1)[C@H](Cc1ccccc1)N1C(=O)[C@@H]2[C@H](C1=O)C1(Cl)c3ccccc3C2(Cl)c2ccccc21. The van der Waals surface area contributed by atoms with Crippen LogP contribution < -0.4 is 5.32 Å². The van der Waals surface area contributed by atoms with Crippen molar-refractivity contribution >= 4 is 69.2 Å². The standard InChI is InChI=1S/C33H23Cl2IN2O3/c34-32-22-10-4-5-11-23(22)33(35,25-13-7-6-12-24(25)32)28-27(32)30(40)38(31(28)41)26(18-19-8-2-1-3-9-19)29(39)37-21-16-14-20(36)15-17-21/h1-17,26-28H,18H2,(H,37,39)/t26-,27-,28+,32?,33?/m0/s1. The first-order valence-electron chi connectivity index (χ1n) is 13.3. The summed E-state index contributed by atoms with van der Waals surface area (Å²) < 4.78 is 1.02. The zero-order chi connectivity index (χ0) is 28.5. The summed E-state index contributed by atoms with van der Waals surface area (Å²) in [6.07, 6.45) is 0.151. The number of nitrogens with zero attached hydrogens (tertiary/aromatic N) is 1. The summed E-state index contributed by atoms with van der Waals surface area (Å²) in [4.78, 5) is 41.5. The van der Waals surface area contributed by atoms with Crippen LogP contribution in [0.4, 0.5) is 5.69 Å². The molecule has 1 fully saturated rings. The first kappa shape index (κ1) is 26.7. The number of benzene rings is 4. The van der Waals surface area contributed by atoms with Crippen molar-refractivity contribution < 1.29 is 14.4 Å². The average molecular weight is 693 g/mol. The topological polar surface area (TPSA) is 66.5 Å². The third-order valence-corrected chi connectivity index (χ3v) is 10.6. The highest BCUT2D eigenvalue weighted by Gasteiger charge is 2.73. The highest BCUT2D eigenvalue weighted by Crippen LogP contribution is 2.69. The van der Waals surface area contributed by atoms with Crippen molar-refractivity contribution in [2.75, 3.05) is 5.32 Å². The van der Waals surface area contributed by atoms with Crippen LogP contribution in [0.3, 0.4) is 0 Å². The smallest absolute Gasteiger partial charge is 0.248 e. The molecule has 204 valence electrons. The first-order valence-corrected chi connectivity index (χ1v) is 15.1. The molecule has 8 heteroatoms. The Morgan fingerprint density at radius 1 is 0.732 bits per heavy atom. The molecule has 4 aliphatic rings. The van der Waals surface area contributed by atoms with Gasteiger partial charge in [0.1, 0.15) is 15.8 Å². The number of hydrogen-bond acceptors (Lipinski definition) is 3. The van der Waals surface area contributed by atoms with Crippen LogP contribution in [0.1, 0.15) is 27.8 Å². The van der Waals surface area contributed by atoms with Gasteiger partial charge in [-0.15, -0.1) is 23.2 Å². The van der Waals surface area contributed by atoms with E-state index in [0.717, 1.165) is 36.3 Å². The molecule has 4 aromatic carbocycles. The Bertz CT molecular complexity index is 1600. The fraction of sp³-hybridized carbons (Fsp3) is 0.182. The van der Waals surface area contributed by atoms with E-state index in [4.69, 9.17) is 23.2 Å². The Hall–Kier alpha value is -3.20. The zero-order valence-corrected chi connectivity index (χ0v) is 25.2. The molecule has 41 heavy (non-hydrogen) atoms. The third kappa shape index (κ3) is 3.76. The van der Waals surface area contributed by atoms with Gasteiger partial charge in [-0.25, -0.2) is 0 Å². The Morgan fingerprint density at radius 2 is 1.17 bits per heavy atom. The molecule has 4 aromatic rings. The average Bonchev–Trinajstić information content (AvgIpc) is 3.27. The quantitative estimate of drug-likeness (QED) is 0.149. The first-order chi connectivity index (χ1) is 19.8. The van der Waals surface area contributed by atoms with Crippen LogP contribution in [-0.4, -0.2) is 28.7 Å². The number of likely N-dealkylation sites (tertiary alicyclic amines) is 1. The molecular weight excluding hydrogens is 670 g/mol. The molecule has 8 rings (SSSR count). The maximum absolute atomic E-state index is 14.5. The number of anilines is 1. The van der Waals surface area contributed by atoms with Crippen molar-refractivity contribution in [1.82, 2.24) is 4.90 Å². The van der Waals surface area contributed by atoms with Crippen LogP contribution in [0, 0.1) is 15.4 Å². The number of nitrogens with one attached hydrogen (secondary N) is 1. The van der Waals surface area contributed by atoms with Gasteiger partial charge in [-0.3, -0.25) is 19.3 Å². The number of rotatable bonds is 5. The fourth-order valence-corrected chi connectivity index (χ4v) is 8.35. The highest BCUT2D eigenvalue weighted by molar-refractivity contribution is 14.1. The molecule has 2 bridgehead atoms. The van der Waals surface area contributed by atoms with Crippen LogP contribution in [0.15, 0.2) is 103 Å². The number of halogens is 3. The molecule has 0 unspecified atom stereocenters. The van der Waals surface area contributed by atoms with Crippen molar-refractivity contribution in [1.29, 1.82) is 0 Å². The van der Waals surface area contributed by atoms with Gasteiger partial charge < -0.3 is 5.32 Å². The van der Waals surface area contributed by atoms with Gasteiger partial charge in [0, 0.05) is 15.7 Å². The van der Waals surface area contributed by atoms with Crippen LogP contribution in [0.5, 0.6) is 0 Å². The molecule has 1 saturated heterocycles. The lowest BCUT2D eigenvalue weighted by Crippen LogP contribution is -2.57. The highest BCUT2D eigenvalue weighted by atomic mass is 127. The van der Waals surface area contributed by atoms with Crippen molar-refractivity contribution in [3.63, 3.8) is 0 Å². The maximum Gasteiger partial charge on any atom is 0.248 e. The summed E-state index contributed by atoms with van der Waals surface area (Å²) in [5.41, 5.74) is 4.30. The molecule has 0 spiro atoms. The molecule has 3 atom stereocenters. The summed E-state index contributed by atoms with van der Waals surface area (Å²) >= 11 is 17.3. The van der Waals surface area contributed by atoms with Crippen molar-refractivity contribution in [3.05, 3.63) is 135 Å². The Kier molecular flexibility index (Phi) is 6.30. The molecule has 3 aliphatic carbocycles. The largest absolute Gasteiger partial charge is 0.324 e. The van der Waals surface area contributed by atoms with Crippen molar-refractivity contribution in [3.8, 4) is 0 Å². The molecule has 1 heterocycles. The van der Waals surface area contributed by atoms with E-state index in [0.29, 0.717) is 5.69 Å². The van der Waals surface area contributed by atoms with Gasteiger partial charge in [0.05, 0.1) is 11.8 Å². The predicted octanol–water partition coefficient (Wildman–Crippen LogP) is 6.43. The number of imide groups is 1. The van der Waals surface area contributed by atoms with Gasteiger partial charge in [0.25, 0.3) is 0 Å². The van der Waals surface area contributed by atoms with Crippen LogP contribution >= 0.6 is 45.8 Å². The van der Waals surface area contributed by atoms with Gasteiger partial charge in [-0.2, -0.15) is 0 Å². The van der Waals surface area contributed by atoms with E-state index in [1.165, 1.54) is 0 Å². The van der Waals surface area contributed by atoms with Crippen LogP contribution in [0.2, 0.25) is 0 Å². The minimum absolute atomic E-state index is 0.151. The lowest BCUT2D eigenvalue weighted by Gasteiger charge is -2.54. The molecule has 0 aromatic heterocycles. The van der Waals surface area contributed by atoms with E-state index < -0.39 is 45.3 Å². The second-order valence-electron chi connectivity index (χ2n) is 10.7. The van der Waals surface area contributed by atoms with E-state index in [9.17, 15) is 14.4 Å². The van der Waals surface area contributed by atoms with E-state index in [2.05, 4.69) is 27.9 Å². The van der Waals surface area contributed by atoms with E-state index in [1.807, 2.05) is 91.0 Å². The summed E-state index contributed by atoms with van der Waals surface area (Å²) in [6, 6.07) is 30.6. The minimum atomic E-state index is -1.31. The summed E-state index contributed by atoms with van der Waals surface area (Å²) in [5, 5.41) is 2.93. The Balaban J connectivity index is 1.36. The van der Waals surface area contributed by atoms with Gasteiger partial charge in [0.2, 0.25) is 17.7 Å². The van der Waals surface area contributed by atoms with E-state index in [-0.39, 0.29) is 6.42 Å². The molecule has 0 radical (unpaired) electrons. The maximum atomic E-state index is 14.5. The van der Waals surface area contributed by atoms with Gasteiger partial charge in [0.15, 0.2) is 0 Å². The van der Waals surface area contributed by atoms with Crippen LogP contribution in [-0.2, 0) is 30.6 Å². The van der Waals surface area contributed by atoms with Crippen molar-refractivity contribution in [2.45, 2.75) is 22.2 Å².